The number of nitrogens with zero attached hydrogens (tertiary/aromatic N) is 3. The molecule has 18 heavy (non-hydrogen) atoms. The normalized spacial score (nSPS) is 11.7. The molecule has 0 aliphatic heterocycles. The van der Waals surface area contributed by atoms with Gasteiger partial charge in [-0.05, 0) is 32.9 Å². The molecule has 0 atom stereocenters. The quantitative estimate of drug-likeness (QED) is 0.894. The molecule has 5 nitrogen and oxygen atoms in total. The van der Waals surface area contributed by atoms with Gasteiger partial charge in [-0.1, -0.05) is 6.07 Å². The zero-order valence-electron chi connectivity index (χ0n) is 11.0. The molecule has 0 unspecified atom stereocenters. The molecule has 5 heteroatoms. The summed E-state index contributed by atoms with van der Waals surface area (Å²) in [7, 11) is 0. The third kappa shape index (κ3) is 3.63. The van der Waals surface area contributed by atoms with Gasteiger partial charge in [-0.3, -0.25) is 4.98 Å². The third-order valence-electron chi connectivity index (χ3n) is 2.35. The summed E-state index contributed by atoms with van der Waals surface area (Å²) in [6, 6.07) is 5.60. The van der Waals surface area contributed by atoms with Gasteiger partial charge < -0.3 is 9.73 Å². The van der Waals surface area contributed by atoms with Gasteiger partial charge in [-0.25, -0.2) is 0 Å². The van der Waals surface area contributed by atoms with Crippen molar-refractivity contribution in [3.05, 3.63) is 30.3 Å². The molecule has 0 aliphatic carbocycles. The summed E-state index contributed by atoms with van der Waals surface area (Å²) < 4.78 is 5.56. The number of hydrogen-bond donors (Lipinski definition) is 1. The summed E-state index contributed by atoms with van der Waals surface area (Å²) in [6.07, 6.45) is 2.43. The van der Waals surface area contributed by atoms with E-state index in [4.69, 9.17) is 4.42 Å². The minimum atomic E-state index is 0.101. The van der Waals surface area contributed by atoms with E-state index in [0.717, 1.165) is 13.0 Å². The molecule has 0 bridgehead atoms. The van der Waals surface area contributed by atoms with Crippen LogP contribution in [-0.2, 0) is 6.42 Å². The van der Waals surface area contributed by atoms with Crippen molar-refractivity contribution in [3.63, 3.8) is 0 Å². The first-order chi connectivity index (χ1) is 8.54. The van der Waals surface area contributed by atoms with Crippen LogP contribution in [0.15, 0.2) is 28.8 Å². The van der Waals surface area contributed by atoms with Gasteiger partial charge in [-0.2, -0.15) is 0 Å². The predicted octanol–water partition coefficient (Wildman–Crippen LogP) is 2.06. The lowest BCUT2D eigenvalue weighted by molar-refractivity contribution is 0.411. The van der Waals surface area contributed by atoms with Crippen molar-refractivity contribution < 1.29 is 4.42 Å². The van der Waals surface area contributed by atoms with Crippen LogP contribution < -0.4 is 5.32 Å². The highest BCUT2D eigenvalue weighted by atomic mass is 16.4. The van der Waals surface area contributed by atoms with Crippen molar-refractivity contribution in [2.45, 2.75) is 32.7 Å². The maximum atomic E-state index is 5.56. The second-order valence-corrected chi connectivity index (χ2v) is 5.14. The van der Waals surface area contributed by atoms with Crippen molar-refractivity contribution in [3.8, 4) is 11.6 Å². The number of aromatic nitrogens is 3. The number of hydrogen-bond acceptors (Lipinski definition) is 5. The molecular formula is C13H18N4O. The number of rotatable bonds is 4. The Kier molecular flexibility index (Phi) is 3.72. The van der Waals surface area contributed by atoms with Gasteiger partial charge in [-0.15, -0.1) is 10.2 Å². The van der Waals surface area contributed by atoms with E-state index in [1.165, 1.54) is 0 Å². The van der Waals surface area contributed by atoms with E-state index in [2.05, 4.69) is 41.3 Å². The van der Waals surface area contributed by atoms with Crippen LogP contribution in [-0.4, -0.2) is 27.3 Å². The average Bonchev–Trinajstić information content (AvgIpc) is 2.77. The van der Waals surface area contributed by atoms with Crippen LogP contribution in [0.5, 0.6) is 0 Å². The fourth-order valence-electron chi connectivity index (χ4n) is 1.49. The predicted molar refractivity (Wildman–Crippen MR) is 69.0 cm³/mol. The van der Waals surface area contributed by atoms with Gasteiger partial charge in [0.05, 0.1) is 0 Å². The molecule has 0 radical (unpaired) electrons. The Morgan fingerprint density at radius 1 is 1.22 bits per heavy atom. The summed E-state index contributed by atoms with van der Waals surface area (Å²) in [5.41, 5.74) is 0.809. The fraction of sp³-hybridized carbons (Fsp3) is 0.462. The van der Waals surface area contributed by atoms with Gasteiger partial charge in [0.15, 0.2) is 0 Å². The molecule has 0 spiro atoms. The van der Waals surface area contributed by atoms with Crippen molar-refractivity contribution in [1.82, 2.24) is 20.5 Å². The molecule has 1 N–H and O–H groups in total. The van der Waals surface area contributed by atoms with Crippen molar-refractivity contribution in [1.29, 1.82) is 0 Å². The largest absolute Gasteiger partial charge is 0.419 e. The Balaban J connectivity index is 1.95. The molecule has 2 rings (SSSR count). The molecule has 2 aromatic rings. The smallest absolute Gasteiger partial charge is 0.266 e. The molecule has 2 heterocycles. The van der Waals surface area contributed by atoms with E-state index in [1.807, 2.05) is 18.2 Å². The minimum absolute atomic E-state index is 0.101. The molecule has 0 amide bonds. The van der Waals surface area contributed by atoms with Crippen molar-refractivity contribution >= 4 is 0 Å². The maximum Gasteiger partial charge on any atom is 0.266 e. The topological polar surface area (TPSA) is 63.8 Å². The van der Waals surface area contributed by atoms with Crippen LogP contribution in [0.1, 0.15) is 26.7 Å². The highest BCUT2D eigenvalue weighted by molar-refractivity contribution is 5.44. The number of pyridine rings is 1. The van der Waals surface area contributed by atoms with Crippen LogP contribution in [0.4, 0.5) is 0 Å². The third-order valence-corrected chi connectivity index (χ3v) is 2.35. The Labute approximate surface area is 107 Å². The first-order valence-corrected chi connectivity index (χ1v) is 6.03. The Hall–Kier alpha value is -1.75. The monoisotopic (exact) mass is 246 g/mol. The first-order valence-electron chi connectivity index (χ1n) is 6.03. The summed E-state index contributed by atoms with van der Waals surface area (Å²) in [5.74, 6) is 1.11. The molecule has 2 aromatic heterocycles. The zero-order chi connectivity index (χ0) is 13.0. The van der Waals surface area contributed by atoms with Crippen molar-refractivity contribution in [2.24, 2.45) is 0 Å². The zero-order valence-corrected chi connectivity index (χ0v) is 11.0. The second kappa shape index (κ2) is 5.27. The molecule has 0 fully saturated rings. The average molecular weight is 246 g/mol. The highest BCUT2D eigenvalue weighted by Crippen LogP contribution is 2.14. The Morgan fingerprint density at radius 3 is 2.72 bits per heavy atom. The van der Waals surface area contributed by atoms with Gasteiger partial charge in [0.2, 0.25) is 5.89 Å². The lowest BCUT2D eigenvalue weighted by atomic mass is 10.1. The first kappa shape index (κ1) is 12.7. The van der Waals surface area contributed by atoms with Crippen LogP contribution in [0.25, 0.3) is 11.6 Å². The molecule has 0 saturated carbocycles. The van der Waals surface area contributed by atoms with Gasteiger partial charge in [0, 0.05) is 24.7 Å². The molecule has 0 aromatic carbocycles. The Bertz CT molecular complexity index is 487. The van der Waals surface area contributed by atoms with Crippen LogP contribution >= 0.6 is 0 Å². The summed E-state index contributed by atoms with van der Waals surface area (Å²) in [5, 5.41) is 11.4. The van der Waals surface area contributed by atoms with Crippen molar-refractivity contribution in [2.75, 3.05) is 6.54 Å². The lowest BCUT2D eigenvalue weighted by Gasteiger charge is -2.19. The van der Waals surface area contributed by atoms with E-state index in [-0.39, 0.29) is 5.54 Å². The van der Waals surface area contributed by atoms with E-state index in [9.17, 15) is 0 Å². The van der Waals surface area contributed by atoms with E-state index >= 15 is 0 Å². The highest BCUT2D eigenvalue weighted by Gasteiger charge is 2.11. The van der Waals surface area contributed by atoms with Crippen LogP contribution in [0, 0.1) is 0 Å². The minimum Gasteiger partial charge on any atom is -0.419 e. The molecule has 0 aliphatic rings. The van der Waals surface area contributed by atoms with Gasteiger partial charge in [0.1, 0.15) is 5.69 Å². The lowest BCUT2D eigenvalue weighted by Crippen LogP contribution is -2.37. The van der Waals surface area contributed by atoms with Gasteiger partial charge >= 0.3 is 0 Å². The van der Waals surface area contributed by atoms with Gasteiger partial charge in [0.25, 0.3) is 5.89 Å². The second-order valence-electron chi connectivity index (χ2n) is 5.14. The summed E-state index contributed by atoms with van der Waals surface area (Å²) in [6.45, 7) is 7.19. The van der Waals surface area contributed by atoms with Crippen LogP contribution in [0.2, 0.25) is 0 Å². The fourth-order valence-corrected chi connectivity index (χ4v) is 1.49. The Morgan fingerprint density at radius 2 is 2.06 bits per heavy atom. The standard InChI is InChI=1S/C13H18N4O/c1-13(2,3)15-9-7-11-16-17-12(18-11)10-6-4-5-8-14-10/h4-6,8,15H,7,9H2,1-3H3. The summed E-state index contributed by atoms with van der Waals surface area (Å²) >= 11 is 0. The number of nitrogens with one attached hydrogen (secondary N) is 1. The SMILES string of the molecule is CC(C)(C)NCCc1nnc(-c2ccccn2)o1. The summed E-state index contributed by atoms with van der Waals surface area (Å²) in [4.78, 5) is 4.17. The van der Waals surface area contributed by atoms with E-state index in [0.29, 0.717) is 17.5 Å². The van der Waals surface area contributed by atoms with Crippen LogP contribution in [0.3, 0.4) is 0 Å². The molecular weight excluding hydrogens is 228 g/mol. The maximum absolute atomic E-state index is 5.56. The molecule has 0 saturated heterocycles. The molecule has 96 valence electrons. The van der Waals surface area contributed by atoms with E-state index < -0.39 is 0 Å². The van der Waals surface area contributed by atoms with E-state index in [1.54, 1.807) is 6.20 Å².